The number of hydrogen-bond donors (Lipinski definition) is 0. The van der Waals surface area contributed by atoms with Gasteiger partial charge in [-0.15, -0.1) is 0 Å². The highest BCUT2D eigenvalue weighted by atomic mass is 32.2. The van der Waals surface area contributed by atoms with Gasteiger partial charge in [-0.3, -0.25) is 9.59 Å². The summed E-state index contributed by atoms with van der Waals surface area (Å²) in [5.74, 6) is -3.77. The van der Waals surface area contributed by atoms with Crippen LogP contribution in [0.3, 0.4) is 0 Å². The standard InChI is InChI=1S/C11H16O7S/c1-17-10(12)8-5-3-6(9(8)11(13)18-2)7(4-5)19(14,15)16/h5-9H,3-4H2,1-2H3,(H,14,15,16)/p-1. The number of esters is 2. The normalized spacial score (nSPS) is 37.1. The predicted molar refractivity (Wildman–Crippen MR) is 60.7 cm³/mol. The van der Waals surface area contributed by atoms with Crippen LogP contribution in [0.5, 0.6) is 0 Å². The van der Waals surface area contributed by atoms with Gasteiger partial charge in [0.1, 0.15) is 0 Å². The molecule has 0 saturated heterocycles. The van der Waals surface area contributed by atoms with Crippen LogP contribution < -0.4 is 0 Å². The Kier molecular flexibility index (Phi) is 3.57. The maximum atomic E-state index is 11.8. The van der Waals surface area contributed by atoms with E-state index in [1.807, 2.05) is 0 Å². The number of carbonyl (C=O) groups excluding carboxylic acids is 2. The summed E-state index contributed by atoms with van der Waals surface area (Å²) >= 11 is 0. The predicted octanol–water partition coefficient (Wildman–Crippen LogP) is -0.482. The third-order valence-corrected chi connectivity index (χ3v) is 5.54. The molecule has 2 fully saturated rings. The van der Waals surface area contributed by atoms with E-state index in [1.165, 1.54) is 14.2 Å². The van der Waals surface area contributed by atoms with E-state index in [9.17, 15) is 22.6 Å². The average Bonchev–Trinajstić information content (AvgIpc) is 2.93. The minimum atomic E-state index is -4.47. The van der Waals surface area contributed by atoms with Gasteiger partial charge >= 0.3 is 11.9 Å². The average molecular weight is 291 g/mol. The summed E-state index contributed by atoms with van der Waals surface area (Å²) in [6.07, 6.45) is 0.482. The molecule has 8 heteroatoms. The Bertz CT molecular complexity index is 497. The summed E-state index contributed by atoms with van der Waals surface area (Å²) in [6.45, 7) is 0. The first-order valence-electron chi connectivity index (χ1n) is 5.91. The lowest BCUT2D eigenvalue weighted by molar-refractivity contribution is -0.160. The summed E-state index contributed by atoms with van der Waals surface area (Å²) in [7, 11) is -2.09. The van der Waals surface area contributed by atoms with E-state index >= 15 is 0 Å². The molecule has 108 valence electrons. The smallest absolute Gasteiger partial charge is 0.309 e. The first kappa shape index (κ1) is 14.3. The molecular weight excluding hydrogens is 276 g/mol. The molecule has 0 spiro atoms. The highest BCUT2D eigenvalue weighted by molar-refractivity contribution is 7.86. The van der Waals surface area contributed by atoms with E-state index in [0.29, 0.717) is 6.42 Å². The Morgan fingerprint density at radius 2 is 1.58 bits per heavy atom. The maximum absolute atomic E-state index is 11.8. The molecule has 0 aromatic carbocycles. The van der Waals surface area contributed by atoms with E-state index in [2.05, 4.69) is 9.47 Å². The van der Waals surface area contributed by atoms with Gasteiger partial charge in [0.05, 0.1) is 41.4 Å². The number of methoxy groups -OCH3 is 2. The van der Waals surface area contributed by atoms with Crippen LogP contribution in [0.25, 0.3) is 0 Å². The molecular formula is C11H15O7S-. The van der Waals surface area contributed by atoms with Crippen LogP contribution >= 0.6 is 0 Å². The number of ether oxygens (including phenoxy) is 2. The van der Waals surface area contributed by atoms with Crippen LogP contribution in [0, 0.1) is 23.7 Å². The van der Waals surface area contributed by atoms with Crippen LogP contribution in [0.4, 0.5) is 0 Å². The summed E-state index contributed by atoms with van der Waals surface area (Å²) in [4.78, 5) is 23.5. The van der Waals surface area contributed by atoms with Crippen molar-refractivity contribution in [3.63, 3.8) is 0 Å². The highest BCUT2D eigenvalue weighted by Crippen LogP contribution is 2.54. The molecule has 0 aromatic rings. The lowest BCUT2D eigenvalue weighted by Gasteiger charge is -2.33. The third-order valence-electron chi connectivity index (χ3n) is 4.26. The van der Waals surface area contributed by atoms with Gasteiger partial charge in [0, 0.05) is 0 Å². The largest absolute Gasteiger partial charge is 0.748 e. The lowest BCUT2D eigenvalue weighted by atomic mass is 9.79. The molecule has 5 atom stereocenters. The van der Waals surface area contributed by atoms with Gasteiger partial charge in [-0.2, -0.15) is 0 Å². The number of rotatable bonds is 3. The second kappa shape index (κ2) is 4.75. The summed E-state index contributed by atoms with van der Waals surface area (Å²) in [5.41, 5.74) is 0. The van der Waals surface area contributed by atoms with Gasteiger partial charge in [0.2, 0.25) is 0 Å². The summed E-state index contributed by atoms with van der Waals surface area (Å²) < 4.78 is 42.9. The molecule has 0 amide bonds. The van der Waals surface area contributed by atoms with Gasteiger partial charge in [-0.1, -0.05) is 0 Å². The second-order valence-corrected chi connectivity index (χ2v) is 6.62. The molecule has 2 rings (SSSR count). The lowest BCUT2D eigenvalue weighted by Crippen LogP contribution is -2.43. The molecule has 19 heavy (non-hydrogen) atoms. The summed E-state index contributed by atoms with van der Waals surface area (Å²) in [5, 5.41) is -1.11. The molecule has 2 aliphatic rings. The first-order valence-corrected chi connectivity index (χ1v) is 7.38. The Labute approximate surface area is 111 Å². The second-order valence-electron chi connectivity index (χ2n) is 5.02. The summed E-state index contributed by atoms with van der Waals surface area (Å²) in [6, 6.07) is 0. The van der Waals surface area contributed by atoms with Crippen LogP contribution in [0.1, 0.15) is 12.8 Å². The molecule has 2 aliphatic carbocycles. The Morgan fingerprint density at radius 3 is 2.05 bits per heavy atom. The molecule has 0 heterocycles. The molecule has 7 nitrogen and oxygen atoms in total. The fourth-order valence-corrected chi connectivity index (χ4v) is 4.76. The van der Waals surface area contributed by atoms with Crippen LogP contribution in [0.15, 0.2) is 0 Å². The zero-order valence-corrected chi connectivity index (χ0v) is 11.4. The van der Waals surface area contributed by atoms with E-state index in [1.54, 1.807) is 0 Å². The zero-order valence-electron chi connectivity index (χ0n) is 10.6. The third kappa shape index (κ3) is 2.23. The van der Waals surface area contributed by atoms with Crippen LogP contribution in [0.2, 0.25) is 0 Å². The van der Waals surface area contributed by atoms with Crippen molar-refractivity contribution in [3.8, 4) is 0 Å². The molecule has 0 N–H and O–H groups in total. The quantitative estimate of drug-likeness (QED) is 0.510. The van der Waals surface area contributed by atoms with Crippen molar-refractivity contribution < 1.29 is 32.0 Å². The SMILES string of the molecule is COC(=O)C1C2CC(C1C(=O)OC)C(S(=O)(=O)[O-])C2. The Hall–Kier alpha value is -1.15. The van der Waals surface area contributed by atoms with E-state index in [0.717, 1.165) is 0 Å². The maximum Gasteiger partial charge on any atom is 0.309 e. The highest BCUT2D eigenvalue weighted by Gasteiger charge is 2.60. The molecule has 5 unspecified atom stereocenters. The van der Waals surface area contributed by atoms with Crippen molar-refractivity contribution in [1.29, 1.82) is 0 Å². The monoisotopic (exact) mass is 291 g/mol. The minimum Gasteiger partial charge on any atom is -0.748 e. The molecule has 0 aliphatic heterocycles. The molecule has 2 bridgehead atoms. The first-order chi connectivity index (χ1) is 8.81. The van der Waals surface area contributed by atoms with Gasteiger partial charge in [-0.05, 0) is 24.7 Å². The topological polar surface area (TPSA) is 110 Å². The van der Waals surface area contributed by atoms with E-state index < -0.39 is 45.1 Å². The van der Waals surface area contributed by atoms with Crippen LogP contribution in [-0.2, 0) is 29.2 Å². The minimum absolute atomic E-state index is 0.115. The fraction of sp³-hybridized carbons (Fsp3) is 0.818. The van der Waals surface area contributed by atoms with Crippen molar-refractivity contribution in [2.45, 2.75) is 18.1 Å². The van der Waals surface area contributed by atoms with Crippen LogP contribution in [-0.4, -0.2) is 44.4 Å². The van der Waals surface area contributed by atoms with Crippen molar-refractivity contribution in [2.24, 2.45) is 23.7 Å². The Balaban J connectivity index is 2.34. The van der Waals surface area contributed by atoms with E-state index in [-0.39, 0.29) is 12.3 Å². The fourth-order valence-electron chi connectivity index (χ4n) is 3.57. The van der Waals surface area contributed by atoms with E-state index in [4.69, 9.17) is 0 Å². The van der Waals surface area contributed by atoms with Gasteiger partial charge in [-0.25, -0.2) is 8.42 Å². The van der Waals surface area contributed by atoms with Crippen molar-refractivity contribution in [1.82, 2.24) is 0 Å². The number of fused-ring (bicyclic) bond motifs is 2. The van der Waals surface area contributed by atoms with Gasteiger partial charge in [0.25, 0.3) is 0 Å². The molecule has 2 saturated carbocycles. The zero-order chi connectivity index (χ0) is 14.4. The number of hydrogen-bond acceptors (Lipinski definition) is 7. The van der Waals surface area contributed by atoms with Gasteiger partial charge < -0.3 is 14.0 Å². The van der Waals surface area contributed by atoms with Crippen molar-refractivity contribution in [3.05, 3.63) is 0 Å². The van der Waals surface area contributed by atoms with Crippen molar-refractivity contribution >= 4 is 22.1 Å². The number of carbonyl (C=O) groups is 2. The Morgan fingerprint density at radius 1 is 1.05 bits per heavy atom. The van der Waals surface area contributed by atoms with Gasteiger partial charge in [0.15, 0.2) is 0 Å². The van der Waals surface area contributed by atoms with Crippen molar-refractivity contribution in [2.75, 3.05) is 14.2 Å². The molecule has 0 radical (unpaired) electrons. The molecule has 0 aromatic heterocycles.